The van der Waals surface area contributed by atoms with Gasteiger partial charge in [0.25, 0.3) is 0 Å². The normalized spacial score (nSPS) is 20.1. The Bertz CT molecular complexity index is 792. The van der Waals surface area contributed by atoms with E-state index in [1.807, 2.05) is 36.4 Å². The zero-order valence-electron chi connectivity index (χ0n) is 17.4. The first kappa shape index (κ1) is 20.8. The Morgan fingerprint density at radius 1 is 1.03 bits per heavy atom. The van der Waals surface area contributed by atoms with Gasteiger partial charge in [-0.25, -0.2) is 0 Å². The van der Waals surface area contributed by atoms with Gasteiger partial charge < -0.3 is 29.0 Å². The van der Waals surface area contributed by atoms with Crippen molar-refractivity contribution in [3.05, 3.63) is 48.5 Å². The number of hydrogen-bond acceptors (Lipinski definition) is 7. The number of methoxy groups -OCH3 is 1. The zero-order valence-corrected chi connectivity index (χ0v) is 17.4. The molecule has 0 saturated carbocycles. The summed E-state index contributed by atoms with van der Waals surface area (Å²) in [5, 5.41) is 10.4. The molecule has 7 heteroatoms. The minimum atomic E-state index is -0.519. The molecule has 2 atom stereocenters. The minimum absolute atomic E-state index is 0.153. The summed E-state index contributed by atoms with van der Waals surface area (Å²) >= 11 is 0. The Morgan fingerprint density at radius 3 is 2.50 bits per heavy atom. The monoisotopic (exact) mass is 414 g/mol. The van der Waals surface area contributed by atoms with E-state index in [0.717, 1.165) is 43.4 Å². The van der Waals surface area contributed by atoms with Gasteiger partial charge in [0.05, 0.1) is 26.4 Å². The summed E-state index contributed by atoms with van der Waals surface area (Å²) in [6.07, 6.45) is -0.672. The first-order valence-electron chi connectivity index (χ1n) is 10.5. The van der Waals surface area contributed by atoms with Crippen molar-refractivity contribution >= 4 is 5.69 Å². The van der Waals surface area contributed by atoms with Gasteiger partial charge in [-0.2, -0.15) is 0 Å². The average molecular weight is 415 g/mol. The fourth-order valence-electron chi connectivity index (χ4n) is 3.81. The van der Waals surface area contributed by atoms with Crippen molar-refractivity contribution in [1.29, 1.82) is 0 Å². The number of hydrogen-bond donors (Lipinski definition) is 1. The highest BCUT2D eigenvalue weighted by Gasteiger charge is 2.22. The number of fused-ring (bicyclic) bond motifs is 1. The molecule has 0 aromatic heterocycles. The summed E-state index contributed by atoms with van der Waals surface area (Å²) in [4.78, 5) is 4.64. The third kappa shape index (κ3) is 5.36. The molecule has 0 radical (unpaired) electrons. The first-order chi connectivity index (χ1) is 14.7. The molecule has 0 amide bonds. The SMILES string of the molecule is COc1ccc(N2CCN(C[C@H](O)COC[C@H]3COc4ccccc4O3)CC2)cc1. The van der Waals surface area contributed by atoms with E-state index in [1.165, 1.54) is 5.69 Å². The predicted molar refractivity (Wildman–Crippen MR) is 115 cm³/mol. The third-order valence-corrected chi connectivity index (χ3v) is 5.46. The molecule has 0 unspecified atom stereocenters. The summed E-state index contributed by atoms with van der Waals surface area (Å²) in [5.74, 6) is 2.38. The van der Waals surface area contributed by atoms with E-state index in [0.29, 0.717) is 26.4 Å². The number of rotatable bonds is 8. The van der Waals surface area contributed by atoms with Crippen LogP contribution in [0.1, 0.15) is 0 Å². The number of anilines is 1. The van der Waals surface area contributed by atoms with E-state index in [-0.39, 0.29) is 6.10 Å². The smallest absolute Gasteiger partial charge is 0.161 e. The van der Waals surface area contributed by atoms with Gasteiger partial charge in [0.2, 0.25) is 0 Å². The molecule has 30 heavy (non-hydrogen) atoms. The van der Waals surface area contributed by atoms with E-state index >= 15 is 0 Å². The van der Waals surface area contributed by atoms with Gasteiger partial charge >= 0.3 is 0 Å². The van der Waals surface area contributed by atoms with E-state index in [1.54, 1.807) is 7.11 Å². The minimum Gasteiger partial charge on any atom is -0.497 e. The van der Waals surface area contributed by atoms with Crippen LogP contribution >= 0.6 is 0 Å². The van der Waals surface area contributed by atoms with Gasteiger partial charge in [-0.1, -0.05) is 12.1 Å². The number of piperazine rings is 1. The van der Waals surface area contributed by atoms with Crippen LogP contribution in [-0.4, -0.2) is 81.9 Å². The fraction of sp³-hybridized carbons (Fsp3) is 0.478. The summed E-state index contributed by atoms with van der Waals surface area (Å²) in [6.45, 7) is 5.47. The van der Waals surface area contributed by atoms with Crippen molar-refractivity contribution < 1.29 is 24.1 Å². The second-order valence-corrected chi connectivity index (χ2v) is 7.67. The molecular weight excluding hydrogens is 384 g/mol. The lowest BCUT2D eigenvalue weighted by Crippen LogP contribution is -2.49. The maximum absolute atomic E-state index is 10.4. The number of nitrogens with zero attached hydrogens (tertiary/aromatic N) is 2. The number of ether oxygens (including phenoxy) is 4. The molecule has 1 saturated heterocycles. The highest BCUT2D eigenvalue weighted by molar-refractivity contribution is 5.49. The summed E-state index contributed by atoms with van der Waals surface area (Å²) in [5.41, 5.74) is 1.20. The molecule has 2 aliphatic rings. The average Bonchev–Trinajstić information content (AvgIpc) is 2.79. The van der Waals surface area contributed by atoms with Crippen molar-refractivity contribution in [3.63, 3.8) is 0 Å². The molecule has 2 aromatic rings. The van der Waals surface area contributed by atoms with Crippen LogP contribution in [0.2, 0.25) is 0 Å². The summed E-state index contributed by atoms with van der Waals surface area (Å²) < 4.78 is 22.5. The molecule has 2 aromatic carbocycles. The third-order valence-electron chi connectivity index (χ3n) is 5.46. The van der Waals surface area contributed by atoms with Crippen molar-refractivity contribution in [2.45, 2.75) is 12.2 Å². The number of para-hydroxylation sites is 2. The Labute approximate surface area is 177 Å². The summed E-state index contributed by atoms with van der Waals surface area (Å²) in [7, 11) is 1.68. The molecule has 0 spiro atoms. The number of aliphatic hydroxyl groups is 1. The number of aliphatic hydroxyl groups excluding tert-OH is 1. The lowest BCUT2D eigenvalue weighted by atomic mass is 10.2. The van der Waals surface area contributed by atoms with Gasteiger partial charge in [0.1, 0.15) is 12.4 Å². The largest absolute Gasteiger partial charge is 0.497 e. The van der Waals surface area contributed by atoms with Gasteiger partial charge in [-0.05, 0) is 36.4 Å². The van der Waals surface area contributed by atoms with E-state index in [2.05, 4.69) is 21.9 Å². The highest BCUT2D eigenvalue weighted by Crippen LogP contribution is 2.30. The van der Waals surface area contributed by atoms with Crippen molar-refractivity contribution in [1.82, 2.24) is 4.90 Å². The van der Waals surface area contributed by atoms with Gasteiger partial charge in [0.15, 0.2) is 17.6 Å². The summed E-state index contributed by atoms with van der Waals surface area (Å²) in [6, 6.07) is 15.8. The van der Waals surface area contributed by atoms with Crippen LogP contribution in [0.4, 0.5) is 5.69 Å². The van der Waals surface area contributed by atoms with E-state index in [9.17, 15) is 5.11 Å². The molecule has 162 valence electrons. The lowest BCUT2D eigenvalue weighted by Gasteiger charge is -2.37. The van der Waals surface area contributed by atoms with Crippen molar-refractivity contribution in [2.24, 2.45) is 0 Å². The van der Waals surface area contributed by atoms with Crippen LogP contribution in [0.15, 0.2) is 48.5 Å². The predicted octanol–water partition coefficient (Wildman–Crippen LogP) is 2.03. The Morgan fingerprint density at radius 2 is 1.77 bits per heavy atom. The molecule has 4 rings (SSSR count). The Hall–Kier alpha value is -2.48. The molecule has 0 bridgehead atoms. The molecule has 1 fully saturated rings. The van der Waals surface area contributed by atoms with Gasteiger partial charge in [-0.3, -0.25) is 4.90 Å². The van der Waals surface area contributed by atoms with Crippen LogP contribution in [0.25, 0.3) is 0 Å². The second kappa shape index (κ2) is 10.0. The molecule has 0 aliphatic carbocycles. The van der Waals surface area contributed by atoms with Gasteiger partial charge in [0, 0.05) is 38.4 Å². The maximum Gasteiger partial charge on any atom is 0.161 e. The standard InChI is InChI=1S/C23H30N2O5/c1-27-20-8-6-18(7-9-20)25-12-10-24(11-13-25)14-19(26)15-28-16-21-17-29-22-4-2-3-5-23(22)30-21/h2-9,19,21,26H,10-17H2,1H3/t19-,21-/m0/s1. The van der Waals surface area contributed by atoms with Crippen molar-refractivity contribution in [2.75, 3.05) is 64.6 Å². The molecule has 2 aliphatic heterocycles. The fourth-order valence-corrected chi connectivity index (χ4v) is 3.81. The number of benzene rings is 2. The van der Waals surface area contributed by atoms with Gasteiger partial charge in [-0.15, -0.1) is 0 Å². The molecular formula is C23H30N2O5. The van der Waals surface area contributed by atoms with Crippen molar-refractivity contribution in [3.8, 4) is 17.2 Å². The van der Waals surface area contributed by atoms with Crippen LogP contribution < -0.4 is 19.1 Å². The quantitative estimate of drug-likeness (QED) is 0.709. The van der Waals surface area contributed by atoms with Crippen LogP contribution in [0, 0.1) is 0 Å². The lowest BCUT2D eigenvalue weighted by molar-refractivity contribution is -0.0292. The Kier molecular flexibility index (Phi) is 6.94. The topological polar surface area (TPSA) is 63.6 Å². The highest BCUT2D eigenvalue weighted by atomic mass is 16.6. The van der Waals surface area contributed by atoms with E-state index < -0.39 is 6.10 Å². The zero-order chi connectivity index (χ0) is 20.8. The molecule has 2 heterocycles. The molecule has 1 N–H and O–H groups in total. The molecule has 7 nitrogen and oxygen atoms in total. The number of β-amino-alcohol motifs (C(OH)–C–C–N with tert-alkyl or cyclic N) is 1. The van der Waals surface area contributed by atoms with E-state index in [4.69, 9.17) is 18.9 Å². The van der Waals surface area contributed by atoms with Crippen LogP contribution in [-0.2, 0) is 4.74 Å². The Balaban J connectivity index is 1.14. The van der Waals surface area contributed by atoms with Crippen LogP contribution in [0.3, 0.4) is 0 Å². The first-order valence-corrected chi connectivity index (χ1v) is 10.5. The maximum atomic E-state index is 10.4. The van der Waals surface area contributed by atoms with Crippen LogP contribution in [0.5, 0.6) is 17.2 Å². The second-order valence-electron chi connectivity index (χ2n) is 7.67.